The van der Waals surface area contributed by atoms with Gasteiger partial charge < -0.3 is 5.32 Å². The summed E-state index contributed by atoms with van der Waals surface area (Å²) >= 11 is 0. The maximum Gasteiger partial charge on any atom is 0.291 e. The van der Waals surface area contributed by atoms with Crippen molar-refractivity contribution in [3.05, 3.63) is 23.8 Å². The second-order valence-corrected chi connectivity index (χ2v) is 8.71. The van der Waals surface area contributed by atoms with Gasteiger partial charge in [-0.3, -0.25) is 4.79 Å². The zero-order chi connectivity index (χ0) is 17.2. The number of aryl methyl sites for hydroxylation is 1. The molecule has 4 bridgehead atoms. The standard InChI is InChI=1S/C19H25N5O/c1-11-3-4-20-18-22-16(23-24(11)18)17(25)21-12(2)19-8-13-5-14(9-19)7-15(6-13)10-19/h3-4,12-15H,5-10H2,1-2H3,(H,21,25)/t12-,13?,14?,15?,19?/m0/s1. The molecule has 4 aliphatic carbocycles. The molecule has 25 heavy (non-hydrogen) atoms. The molecule has 0 saturated heterocycles. The predicted molar refractivity (Wildman–Crippen MR) is 93.1 cm³/mol. The molecule has 0 aliphatic heterocycles. The molecule has 0 aromatic carbocycles. The van der Waals surface area contributed by atoms with E-state index < -0.39 is 0 Å². The van der Waals surface area contributed by atoms with E-state index in [0.717, 1.165) is 23.4 Å². The van der Waals surface area contributed by atoms with Crippen LogP contribution in [0, 0.1) is 30.1 Å². The maximum absolute atomic E-state index is 12.8. The van der Waals surface area contributed by atoms with Crippen LogP contribution in [0.15, 0.2) is 12.3 Å². The van der Waals surface area contributed by atoms with Gasteiger partial charge in [0.15, 0.2) is 0 Å². The van der Waals surface area contributed by atoms with Crippen LogP contribution < -0.4 is 5.32 Å². The van der Waals surface area contributed by atoms with Crippen molar-refractivity contribution in [2.45, 2.75) is 58.4 Å². The van der Waals surface area contributed by atoms with Crippen LogP contribution in [0.3, 0.4) is 0 Å². The number of aromatic nitrogens is 4. The first-order valence-corrected chi connectivity index (χ1v) is 9.52. The van der Waals surface area contributed by atoms with E-state index in [-0.39, 0.29) is 23.2 Å². The topological polar surface area (TPSA) is 72.2 Å². The number of nitrogens with zero attached hydrogens (tertiary/aromatic N) is 4. The third-order valence-corrected chi connectivity index (χ3v) is 6.98. The second kappa shape index (κ2) is 5.26. The minimum absolute atomic E-state index is 0.173. The Balaban J connectivity index is 1.37. The third kappa shape index (κ3) is 2.37. The zero-order valence-electron chi connectivity index (χ0n) is 14.9. The van der Waals surface area contributed by atoms with Gasteiger partial charge in [0.1, 0.15) is 0 Å². The highest BCUT2D eigenvalue weighted by atomic mass is 16.2. The molecule has 2 aromatic rings. The Kier molecular flexibility index (Phi) is 3.21. The summed E-state index contributed by atoms with van der Waals surface area (Å²) in [4.78, 5) is 21.2. The highest BCUT2D eigenvalue weighted by Crippen LogP contribution is 2.61. The van der Waals surface area contributed by atoms with E-state index in [4.69, 9.17) is 0 Å². The highest BCUT2D eigenvalue weighted by molar-refractivity contribution is 5.91. The normalized spacial score (nSPS) is 34.4. The first-order valence-electron chi connectivity index (χ1n) is 9.52. The van der Waals surface area contributed by atoms with Crippen molar-refractivity contribution in [3.63, 3.8) is 0 Å². The number of hydrogen-bond acceptors (Lipinski definition) is 4. The molecular formula is C19H25N5O. The van der Waals surface area contributed by atoms with E-state index in [1.54, 1.807) is 10.7 Å². The van der Waals surface area contributed by atoms with Gasteiger partial charge in [-0.2, -0.15) is 4.98 Å². The van der Waals surface area contributed by atoms with E-state index >= 15 is 0 Å². The van der Waals surface area contributed by atoms with Crippen LogP contribution >= 0.6 is 0 Å². The highest BCUT2D eigenvalue weighted by Gasteiger charge is 2.53. The van der Waals surface area contributed by atoms with Crippen LogP contribution in [0.2, 0.25) is 0 Å². The molecular weight excluding hydrogens is 314 g/mol. The summed E-state index contributed by atoms with van der Waals surface area (Å²) in [6.45, 7) is 4.12. The lowest BCUT2D eigenvalue weighted by Gasteiger charge is -2.59. The van der Waals surface area contributed by atoms with Crippen LogP contribution in [0.5, 0.6) is 0 Å². The zero-order valence-corrected chi connectivity index (χ0v) is 14.9. The monoisotopic (exact) mass is 339 g/mol. The van der Waals surface area contributed by atoms with Gasteiger partial charge in [-0.15, -0.1) is 5.10 Å². The molecule has 4 aliphatic rings. The lowest BCUT2D eigenvalue weighted by atomic mass is 9.48. The number of carbonyl (C=O) groups excluding carboxylic acids is 1. The van der Waals surface area contributed by atoms with Gasteiger partial charge in [0.2, 0.25) is 5.82 Å². The van der Waals surface area contributed by atoms with Gasteiger partial charge >= 0.3 is 0 Å². The molecule has 0 spiro atoms. The minimum Gasteiger partial charge on any atom is -0.346 e. The quantitative estimate of drug-likeness (QED) is 0.933. The Morgan fingerprint density at radius 3 is 2.48 bits per heavy atom. The van der Waals surface area contributed by atoms with Crippen molar-refractivity contribution in [1.29, 1.82) is 0 Å². The van der Waals surface area contributed by atoms with E-state index in [1.165, 1.54) is 38.5 Å². The van der Waals surface area contributed by atoms with Crippen molar-refractivity contribution in [1.82, 2.24) is 24.9 Å². The fraction of sp³-hybridized carbons (Fsp3) is 0.684. The molecule has 6 heteroatoms. The Morgan fingerprint density at radius 2 is 1.88 bits per heavy atom. The Labute approximate surface area is 147 Å². The summed E-state index contributed by atoms with van der Waals surface area (Å²) in [5.74, 6) is 3.17. The summed E-state index contributed by atoms with van der Waals surface area (Å²) in [6.07, 6.45) is 9.77. The molecule has 1 atom stereocenters. The number of amides is 1. The number of carbonyl (C=O) groups is 1. The molecule has 132 valence electrons. The van der Waals surface area contributed by atoms with E-state index in [0.29, 0.717) is 5.78 Å². The van der Waals surface area contributed by atoms with Crippen LogP contribution in [-0.4, -0.2) is 31.5 Å². The van der Waals surface area contributed by atoms with Gasteiger partial charge in [-0.05, 0) is 81.6 Å². The van der Waals surface area contributed by atoms with Crippen molar-refractivity contribution < 1.29 is 4.79 Å². The van der Waals surface area contributed by atoms with Gasteiger partial charge in [0, 0.05) is 17.9 Å². The van der Waals surface area contributed by atoms with Crippen molar-refractivity contribution >= 4 is 11.7 Å². The first kappa shape index (κ1) is 15.3. The number of fused-ring (bicyclic) bond motifs is 1. The van der Waals surface area contributed by atoms with Gasteiger partial charge in [0.25, 0.3) is 11.7 Å². The van der Waals surface area contributed by atoms with E-state index in [1.807, 2.05) is 13.0 Å². The molecule has 1 N–H and O–H groups in total. The maximum atomic E-state index is 12.8. The molecule has 0 unspecified atom stereocenters. The third-order valence-electron chi connectivity index (χ3n) is 6.98. The molecule has 6 rings (SSSR count). The second-order valence-electron chi connectivity index (χ2n) is 8.71. The average Bonchev–Trinajstić information content (AvgIpc) is 2.99. The van der Waals surface area contributed by atoms with Crippen LogP contribution in [-0.2, 0) is 0 Å². The number of hydrogen-bond donors (Lipinski definition) is 1. The Hall–Kier alpha value is -1.98. The van der Waals surface area contributed by atoms with Crippen molar-refractivity contribution in [2.24, 2.45) is 23.2 Å². The van der Waals surface area contributed by atoms with Crippen molar-refractivity contribution in [2.75, 3.05) is 0 Å². The molecule has 4 saturated carbocycles. The molecule has 0 radical (unpaired) electrons. The van der Waals surface area contributed by atoms with Gasteiger partial charge in [-0.25, -0.2) is 9.50 Å². The molecule has 1 amide bonds. The van der Waals surface area contributed by atoms with Crippen molar-refractivity contribution in [3.8, 4) is 0 Å². The number of rotatable bonds is 3. The largest absolute Gasteiger partial charge is 0.346 e. The van der Waals surface area contributed by atoms with Gasteiger partial charge in [0.05, 0.1) is 0 Å². The Morgan fingerprint density at radius 1 is 1.24 bits per heavy atom. The lowest BCUT2D eigenvalue weighted by Crippen LogP contribution is -2.55. The predicted octanol–water partition coefficient (Wildman–Crippen LogP) is 2.77. The summed E-state index contributed by atoms with van der Waals surface area (Å²) in [5.41, 5.74) is 1.21. The first-order chi connectivity index (χ1) is 12.0. The van der Waals surface area contributed by atoms with Crippen LogP contribution in [0.1, 0.15) is 61.8 Å². The SMILES string of the molecule is Cc1ccnc2nc(C(=O)N[C@@H](C)C34CC5CC(CC(C5)C3)C4)nn12. The smallest absolute Gasteiger partial charge is 0.291 e. The van der Waals surface area contributed by atoms with Gasteiger partial charge in [-0.1, -0.05) is 0 Å². The summed E-state index contributed by atoms with van der Waals surface area (Å²) < 4.78 is 1.63. The minimum atomic E-state index is -0.173. The average molecular weight is 339 g/mol. The van der Waals surface area contributed by atoms with Crippen LogP contribution in [0.4, 0.5) is 0 Å². The number of nitrogens with one attached hydrogen (secondary N) is 1. The molecule has 2 heterocycles. The summed E-state index contributed by atoms with van der Waals surface area (Å²) in [6, 6.07) is 2.04. The molecule has 4 fully saturated rings. The molecule has 6 nitrogen and oxygen atoms in total. The summed E-state index contributed by atoms with van der Waals surface area (Å²) in [5, 5.41) is 7.57. The van der Waals surface area contributed by atoms with Crippen LogP contribution in [0.25, 0.3) is 5.78 Å². The Bertz CT molecular complexity index is 806. The summed E-state index contributed by atoms with van der Waals surface area (Å²) in [7, 11) is 0. The van der Waals surface area contributed by atoms with E-state index in [2.05, 4.69) is 27.3 Å². The molecule has 2 aromatic heterocycles. The van der Waals surface area contributed by atoms with E-state index in [9.17, 15) is 4.79 Å². The fourth-order valence-corrected chi connectivity index (χ4v) is 6.12. The lowest BCUT2D eigenvalue weighted by molar-refractivity contribution is -0.0688. The fourth-order valence-electron chi connectivity index (χ4n) is 6.12.